The number of carbonyl (C=O) groups excluding carboxylic acids is 1. The average Bonchev–Trinajstić information content (AvgIpc) is 2.59. The summed E-state index contributed by atoms with van der Waals surface area (Å²) in [6.45, 7) is -0.0220. The normalized spacial score (nSPS) is 13.1. The van der Waals surface area contributed by atoms with Crippen LogP contribution in [0.5, 0.6) is 0 Å². The van der Waals surface area contributed by atoms with Gasteiger partial charge in [0.25, 0.3) is 0 Å². The van der Waals surface area contributed by atoms with Crippen molar-refractivity contribution in [3.05, 3.63) is 65.2 Å². The monoisotopic (exact) mass is 405 g/mol. The van der Waals surface area contributed by atoms with Crippen LogP contribution in [0.15, 0.2) is 48.5 Å². The molecule has 2 aromatic rings. The Balaban J connectivity index is 2.02. The fourth-order valence-electron chi connectivity index (χ4n) is 2.42. The quantitative estimate of drug-likeness (QED) is 0.645. The molecule has 1 unspecified atom stereocenters. The third-order valence-corrected chi connectivity index (χ3v) is 3.71. The van der Waals surface area contributed by atoms with Crippen molar-refractivity contribution in [1.82, 2.24) is 5.32 Å². The number of anilines is 1. The van der Waals surface area contributed by atoms with Crippen molar-refractivity contribution >= 4 is 11.7 Å². The molecule has 0 bridgehead atoms. The maximum atomic E-state index is 12.8. The van der Waals surface area contributed by atoms with Crippen molar-refractivity contribution < 1.29 is 31.1 Å². The first-order valence-corrected chi connectivity index (χ1v) is 8.09. The summed E-state index contributed by atoms with van der Waals surface area (Å²) in [5.74, 6) is 0. The van der Waals surface area contributed by atoms with Crippen LogP contribution in [-0.4, -0.2) is 18.6 Å². The van der Waals surface area contributed by atoms with Crippen LogP contribution in [0.3, 0.4) is 0 Å². The SMILES string of the molecule is NC(CNC(=O)Nc1cc(C(F)(F)F)cc(C(F)(F)F)c1)Cc1ccccc1. The maximum absolute atomic E-state index is 12.8. The van der Waals surface area contributed by atoms with E-state index in [-0.39, 0.29) is 12.6 Å². The summed E-state index contributed by atoms with van der Waals surface area (Å²) in [6.07, 6.45) is -9.55. The van der Waals surface area contributed by atoms with E-state index in [1.54, 1.807) is 0 Å². The van der Waals surface area contributed by atoms with Crippen LogP contribution in [0, 0.1) is 0 Å². The van der Waals surface area contributed by atoms with Gasteiger partial charge in [-0.25, -0.2) is 4.79 Å². The van der Waals surface area contributed by atoms with Crippen molar-refractivity contribution in [2.24, 2.45) is 5.73 Å². The number of nitrogens with two attached hydrogens (primary N) is 1. The van der Waals surface area contributed by atoms with E-state index in [1.807, 2.05) is 35.6 Å². The molecule has 0 aliphatic carbocycles. The van der Waals surface area contributed by atoms with Gasteiger partial charge in [-0.1, -0.05) is 30.3 Å². The summed E-state index contributed by atoms with van der Waals surface area (Å²) in [4.78, 5) is 11.9. The van der Waals surface area contributed by atoms with Crippen molar-refractivity contribution in [1.29, 1.82) is 0 Å². The fourth-order valence-corrected chi connectivity index (χ4v) is 2.42. The molecule has 0 aliphatic heterocycles. The van der Waals surface area contributed by atoms with E-state index >= 15 is 0 Å². The van der Waals surface area contributed by atoms with Gasteiger partial charge in [0.05, 0.1) is 11.1 Å². The van der Waals surface area contributed by atoms with Crippen LogP contribution in [0.1, 0.15) is 16.7 Å². The van der Waals surface area contributed by atoms with Crippen molar-refractivity contribution in [2.45, 2.75) is 24.8 Å². The number of amides is 2. The third-order valence-electron chi connectivity index (χ3n) is 3.71. The van der Waals surface area contributed by atoms with E-state index in [0.717, 1.165) is 5.56 Å². The van der Waals surface area contributed by atoms with Crippen LogP contribution in [0.4, 0.5) is 36.8 Å². The van der Waals surface area contributed by atoms with Gasteiger partial charge in [-0.3, -0.25) is 0 Å². The molecule has 0 saturated carbocycles. The minimum atomic E-state index is -4.99. The second-order valence-corrected chi connectivity index (χ2v) is 6.08. The Morgan fingerprint density at radius 2 is 1.46 bits per heavy atom. The smallest absolute Gasteiger partial charge is 0.336 e. The number of benzene rings is 2. The highest BCUT2D eigenvalue weighted by molar-refractivity contribution is 5.89. The van der Waals surface area contributed by atoms with Gasteiger partial charge in [-0.2, -0.15) is 26.3 Å². The summed E-state index contributed by atoms with van der Waals surface area (Å²) in [6, 6.07) is 8.52. The lowest BCUT2D eigenvalue weighted by Gasteiger charge is -2.16. The van der Waals surface area contributed by atoms with Crippen LogP contribution in [-0.2, 0) is 18.8 Å². The van der Waals surface area contributed by atoms with Crippen molar-refractivity contribution in [3.8, 4) is 0 Å². The highest BCUT2D eigenvalue weighted by Gasteiger charge is 2.37. The molecule has 0 aliphatic rings. The zero-order chi connectivity index (χ0) is 20.9. The Morgan fingerprint density at radius 1 is 0.929 bits per heavy atom. The molecule has 0 fully saturated rings. The number of nitrogens with one attached hydrogen (secondary N) is 2. The first-order valence-electron chi connectivity index (χ1n) is 8.09. The van der Waals surface area contributed by atoms with E-state index in [2.05, 4.69) is 5.32 Å². The van der Waals surface area contributed by atoms with E-state index in [1.165, 1.54) is 0 Å². The van der Waals surface area contributed by atoms with Gasteiger partial charge in [0, 0.05) is 18.3 Å². The lowest BCUT2D eigenvalue weighted by Crippen LogP contribution is -2.40. The Bertz CT molecular complexity index is 773. The number of carbonyl (C=O) groups is 1. The summed E-state index contributed by atoms with van der Waals surface area (Å²) in [7, 11) is 0. The first kappa shape index (κ1) is 21.5. The number of alkyl halides is 6. The van der Waals surface area contributed by atoms with Crippen LogP contribution in [0.2, 0.25) is 0 Å². The van der Waals surface area contributed by atoms with Crippen LogP contribution >= 0.6 is 0 Å². The third kappa shape index (κ3) is 6.45. The maximum Gasteiger partial charge on any atom is 0.416 e. The van der Waals surface area contributed by atoms with E-state index in [0.29, 0.717) is 18.6 Å². The zero-order valence-electron chi connectivity index (χ0n) is 14.4. The largest absolute Gasteiger partial charge is 0.416 e. The molecule has 10 heteroatoms. The molecule has 0 spiro atoms. The van der Waals surface area contributed by atoms with Gasteiger partial charge in [-0.15, -0.1) is 0 Å². The Kier molecular flexibility index (Phi) is 6.55. The highest BCUT2D eigenvalue weighted by Crippen LogP contribution is 2.37. The molecule has 4 nitrogen and oxygen atoms in total. The minimum absolute atomic E-state index is 0.0150. The molecule has 152 valence electrons. The first-order chi connectivity index (χ1) is 12.9. The van der Waals surface area contributed by atoms with E-state index < -0.39 is 41.2 Å². The number of rotatable bonds is 5. The van der Waals surface area contributed by atoms with E-state index in [9.17, 15) is 31.1 Å². The summed E-state index contributed by atoms with van der Waals surface area (Å²) in [5, 5.41) is 4.31. The summed E-state index contributed by atoms with van der Waals surface area (Å²) >= 11 is 0. The molecule has 0 radical (unpaired) electrons. The fraction of sp³-hybridized carbons (Fsp3) is 0.278. The number of halogens is 6. The molecule has 4 N–H and O–H groups in total. The topological polar surface area (TPSA) is 67.1 Å². The van der Waals surface area contributed by atoms with Crippen molar-refractivity contribution in [3.63, 3.8) is 0 Å². The number of hydrogen-bond donors (Lipinski definition) is 3. The second kappa shape index (κ2) is 8.51. The number of urea groups is 1. The number of hydrogen-bond acceptors (Lipinski definition) is 2. The minimum Gasteiger partial charge on any atom is -0.336 e. The van der Waals surface area contributed by atoms with E-state index in [4.69, 9.17) is 5.73 Å². The lowest BCUT2D eigenvalue weighted by molar-refractivity contribution is -0.143. The van der Waals surface area contributed by atoms with Gasteiger partial charge in [0.1, 0.15) is 0 Å². The Morgan fingerprint density at radius 3 is 1.96 bits per heavy atom. The molecule has 2 amide bonds. The predicted molar refractivity (Wildman–Crippen MR) is 91.6 cm³/mol. The molecule has 0 heterocycles. The van der Waals surface area contributed by atoms with Crippen LogP contribution in [0.25, 0.3) is 0 Å². The Labute approximate surface area is 156 Å². The molecule has 28 heavy (non-hydrogen) atoms. The Hall–Kier alpha value is -2.75. The molecular formula is C18H17F6N3O. The summed E-state index contributed by atoms with van der Waals surface area (Å²) in [5.41, 5.74) is 3.13. The highest BCUT2D eigenvalue weighted by atomic mass is 19.4. The molecule has 2 rings (SSSR count). The molecule has 1 atom stereocenters. The summed E-state index contributed by atoms with van der Waals surface area (Å²) < 4.78 is 76.9. The molecular weight excluding hydrogens is 388 g/mol. The van der Waals surface area contributed by atoms with Gasteiger partial charge in [-0.05, 0) is 30.2 Å². The average molecular weight is 405 g/mol. The van der Waals surface area contributed by atoms with Crippen LogP contribution < -0.4 is 16.4 Å². The van der Waals surface area contributed by atoms with Gasteiger partial charge < -0.3 is 16.4 Å². The molecule has 0 aromatic heterocycles. The van der Waals surface area contributed by atoms with Gasteiger partial charge >= 0.3 is 18.4 Å². The second-order valence-electron chi connectivity index (χ2n) is 6.08. The zero-order valence-corrected chi connectivity index (χ0v) is 14.4. The molecule has 0 saturated heterocycles. The molecule has 2 aromatic carbocycles. The van der Waals surface area contributed by atoms with Gasteiger partial charge in [0.2, 0.25) is 0 Å². The van der Waals surface area contributed by atoms with Crippen molar-refractivity contribution in [2.75, 3.05) is 11.9 Å². The predicted octanol–water partition coefficient (Wildman–Crippen LogP) is 4.42. The van der Waals surface area contributed by atoms with Gasteiger partial charge in [0.15, 0.2) is 0 Å². The lowest BCUT2D eigenvalue weighted by atomic mass is 10.1. The standard InChI is InChI=1S/C18H17F6N3O/c19-17(20,21)12-7-13(18(22,23)24)9-15(8-12)27-16(28)26-10-14(25)6-11-4-2-1-3-5-11/h1-5,7-9,14H,6,10,25H2,(H2,26,27,28).